The van der Waals surface area contributed by atoms with Crippen LogP contribution in [0, 0.1) is 11.8 Å². The van der Waals surface area contributed by atoms with E-state index >= 15 is 0 Å². The zero-order valence-electron chi connectivity index (χ0n) is 20.3. The molecule has 2 fully saturated rings. The van der Waals surface area contributed by atoms with Crippen LogP contribution in [-0.4, -0.2) is 61.8 Å². The normalized spacial score (nSPS) is 22.7. The Morgan fingerprint density at radius 2 is 1.78 bits per heavy atom. The molecule has 1 aliphatic heterocycles. The zero-order chi connectivity index (χ0) is 23.1. The number of piperidine rings is 1. The number of likely N-dealkylation sites (tertiary alicyclic amines) is 1. The minimum Gasteiger partial charge on any atom is -0.491 e. The Morgan fingerprint density at radius 1 is 1.09 bits per heavy atom. The zero-order valence-corrected chi connectivity index (χ0v) is 21.9. The van der Waals surface area contributed by atoms with Crippen LogP contribution in [-0.2, 0) is 11.2 Å². The predicted molar refractivity (Wildman–Crippen MR) is 133 cm³/mol. The van der Waals surface area contributed by atoms with Gasteiger partial charge in [-0.1, -0.05) is 15.9 Å². The summed E-state index contributed by atoms with van der Waals surface area (Å²) >= 11 is 3.73. The number of hydrogen-bond acceptors (Lipinski definition) is 4. The van der Waals surface area contributed by atoms with E-state index < -0.39 is 0 Å². The topological polar surface area (TPSA) is 42.0 Å². The molecule has 1 aromatic rings. The summed E-state index contributed by atoms with van der Waals surface area (Å²) in [5.41, 5.74) is 1.37. The third-order valence-corrected chi connectivity index (χ3v) is 7.66. The number of halogens is 1. The average molecular weight is 510 g/mol. The second-order valence-electron chi connectivity index (χ2n) is 10.1. The first-order valence-corrected chi connectivity index (χ1v) is 13.1. The molecule has 1 heterocycles. The van der Waals surface area contributed by atoms with Gasteiger partial charge in [-0.2, -0.15) is 0 Å². The van der Waals surface area contributed by atoms with Crippen molar-refractivity contribution in [2.45, 2.75) is 77.4 Å². The van der Waals surface area contributed by atoms with Gasteiger partial charge in [0.15, 0.2) is 0 Å². The van der Waals surface area contributed by atoms with Gasteiger partial charge in [-0.3, -0.25) is 0 Å². The van der Waals surface area contributed by atoms with E-state index in [1.807, 2.05) is 0 Å². The largest absolute Gasteiger partial charge is 0.491 e. The Balaban J connectivity index is 1.35. The van der Waals surface area contributed by atoms with Crippen molar-refractivity contribution in [3.8, 4) is 5.75 Å². The van der Waals surface area contributed by atoms with Gasteiger partial charge in [0.25, 0.3) is 0 Å². The van der Waals surface area contributed by atoms with E-state index in [0.717, 1.165) is 36.8 Å². The number of benzene rings is 1. The lowest BCUT2D eigenvalue weighted by molar-refractivity contribution is 0.0442. The van der Waals surface area contributed by atoms with Gasteiger partial charge in [0.05, 0.1) is 6.10 Å². The van der Waals surface area contributed by atoms with E-state index in [0.29, 0.717) is 0 Å². The van der Waals surface area contributed by atoms with Crippen molar-refractivity contribution in [3.63, 3.8) is 0 Å². The first-order valence-electron chi connectivity index (χ1n) is 12.4. The van der Waals surface area contributed by atoms with Gasteiger partial charge in [-0.15, -0.1) is 0 Å². The van der Waals surface area contributed by atoms with Gasteiger partial charge in [0.1, 0.15) is 11.9 Å². The maximum absolute atomic E-state index is 11.7. The van der Waals surface area contributed by atoms with Crippen molar-refractivity contribution in [1.29, 1.82) is 0 Å². The Labute approximate surface area is 202 Å². The van der Waals surface area contributed by atoms with Crippen molar-refractivity contribution in [2.75, 3.05) is 33.7 Å². The number of amides is 1. The van der Waals surface area contributed by atoms with E-state index in [-0.39, 0.29) is 18.3 Å². The van der Waals surface area contributed by atoms with Gasteiger partial charge in [-0.25, -0.2) is 4.79 Å². The Bertz CT molecular complexity index is 724. The van der Waals surface area contributed by atoms with Gasteiger partial charge >= 0.3 is 6.09 Å². The summed E-state index contributed by atoms with van der Waals surface area (Å²) in [6, 6.07) is 6.39. The molecule has 0 unspecified atom stereocenters. The molecule has 1 aromatic carbocycles. The molecule has 0 aromatic heterocycles. The van der Waals surface area contributed by atoms with Crippen LogP contribution in [0.2, 0.25) is 0 Å². The molecule has 0 atom stereocenters. The van der Waals surface area contributed by atoms with Crippen LogP contribution in [0.15, 0.2) is 22.7 Å². The quantitative estimate of drug-likeness (QED) is 0.422. The van der Waals surface area contributed by atoms with Crippen LogP contribution in [0.3, 0.4) is 0 Å². The Hall–Kier alpha value is -1.27. The van der Waals surface area contributed by atoms with Gasteiger partial charge in [0, 0.05) is 18.6 Å². The van der Waals surface area contributed by atoms with Crippen molar-refractivity contribution in [2.24, 2.45) is 11.8 Å². The summed E-state index contributed by atoms with van der Waals surface area (Å²) in [7, 11) is 3.49. The molecule has 1 amide bonds. The molecular weight excluding hydrogens is 468 g/mol. The first-order chi connectivity index (χ1) is 15.3. The highest BCUT2D eigenvalue weighted by molar-refractivity contribution is 9.10. The molecule has 3 rings (SSSR count). The molecular formula is C26H41BrN2O3. The molecule has 1 saturated heterocycles. The standard InChI is InChI=1S/C26H41BrN2O3/c1-19(2)31-24-9-10-25(27)22(18-24)17-21-12-15-29(16-13-21)14-11-20-5-7-23(8-6-20)32-26(30)28(3)4/h9-10,18-21,23H,5-8,11-17H2,1-4H3. The number of ether oxygens (including phenoxy) is 2. The molecule has 32 heavy (non-hydrogen) atoms. The summed E-state index contributed by atoms with van der Waals surface area (Å²) in [5, 5.41) is 0. The van der Waals surface area contributed by atoms with E-state index in [4.69, 9.17) is 9.47 Å². The lowest BCUT2D eigenvalue weighted by atomic mass is 9.84. The van der Waals surface area contributed by atoms with Crippen LogP contribution < -0.4 is 4.74 Å². The SMILES string of the molecule is CC(C)Oc1ccc(Br)c(CC2CCN(CCC3CCC(OC(=O)N(C)C)CC3)CC2)c1. The minimum absolute atomic E-state index is 0.112. The van der Waals surface area contributed by atoms with Crippen LogP contribution in [0.1, 0.15) is 64.4 Å². The lowest BCUT2D eigenvalue weighted by Gasteiger charge is -2.34. The molecule has 2 aliphatic rings. The highest BCUT2D eigenvalue weighted by Crippen LogP contribution is 2.31. The van der Waals surface area contributed by atoms with Crippen LogP contribution in [0.4, 0.5) is 4.79 Å². The van der Waals surface area contributed by atoms with Crippen molar-refractivity contribution >= 4 is 22.0 Å². The summed E-state index contributed by atoms with van der Waals surface area (Å²) in [6.07, 6.45) is 9.46. The number of hydrogen-bond donors (Lipinski definition) is 0. The monoisotopic (exact) mass is 508 g/mol. The second-order valence-corrected chi connectivity index (χ2v) is 11.0. The van der Waals surface area contributed by atoms with E-state index in [1.165, 1.54) is 66.7 Å². The molecule has 0 spiro atoms. The second kappa shape index (κ2) is 12.3. The van der Waals surface area contributed by atoms with E-state index in [1.54, 1.807) is 14.1 Å². The summed E-state index contributed by atoms with van der Waals surface area (Å²) < 4.78 is 12.6. The van der Waals surface area contributed by atoms with Crippen LogP contribution in [0.5, 0.6) is 5.75 Å². The fraction of sp³-hybridized carbons (Fsp3) is 0.731. The molecule has 1 aliphatic carbocycles. The fourth-order valence-corrected chi connectivity index (χ4v) is 5.34. The van der Waals surface area contributed by atoms with Crippen molar-refractivity contribution in [3.05, 3.63) is 28.2 Å². The molecule has 1 saturated carbocycles. The number of carbonyl (C=O) groups excluding carboxylic acids is 1. The van der Waals surface area contributed by atoms with Gasteiger partial charge in [-0.05, 0) is 120 Å². The molecule has 0 bridgehead atoms. The summed E-state index contributed by atoms with van der Waals surface area (Å²) in [6.45, 7) is 7.77. The first kappa shape index (κ1) is 25.4. The van der Waals surface area contributed by atoms with Gasteiger partial charge in [0.2, 0.25) is 0 Å². The van der Waals surface area contributed by atoms with Crippen LogP contribution in [0.25, 0.3) is 0 Å². The molecule has 180 valence electrons. The fourth-order valence-electron chi connectivity index (χ4n) is 4.93. The lowest BCUT2D eigenvalue weighted by Crippen LogP contribution is -2.36. The van der Waals surface area contributed by atoms with Crippen molar-refractivity contribution in [1.82, 2.24) is 9.80 Å². The smallest absolute Gasteiger partial charge is 0.409 e. The molecule has 6 heteroatoms. The highest BCUT2D eigenvalue weighted by atomic mass is 79.9. The molecule has 0 radical (unpaired) electrons. The summed E-state index contributed by atoms with van der Waals surface area (Å²) in [5.74, 6) is 2.50. The number of rotatable bonds is 8. The maximum atomic E-state index is 11.7. The third-order valence-electron chi connectivity index (χ3n) is 6.88. The summed E-state index contributed by atoms with van der Waals surface area (Å²) in [4.78, 5) is 15.9. The van der Waals surface area contributed by atoms with Crippen LogP contribution >= 0.6 is 15.9 Å². The number of carbonyl (C=O) groups is 1. The minimum atomic E-state index is -0.206. The maximum Gasteiger partial charge on any atom is 0.409 e. The van der Waals surface area contributed by atoms with Crippen molar-refractivity contribution < 1.29 is 14.3 Å². The van der Waals surface area contributed by atoms with Gasteiger partial charge < -0.3 is 19.3 Å². The van der Waals surface area contributed by atoms with E-state index in [9.17, 15) is 4.79 Å². The molecule has 0 N–H and O–H groups in total. The Morgan fingerprint density at radius 3 is 2.41 bits per heavy atom. The third kappa shape index (κ3) is 7.95. The molecule has 5 nitrogen and oxygen atoms in total. The predicted octanol–water partition coefficient (Wildman–Crippen LogP) is 6.14. The number of nitrogens with zero attached hydrogens (tertiary/aromatic N) is 2. The van der Waals surface area contributed by atoms with E-state index in [2.05, 4.69) is 52.9 Å². The highest BCUT2D eigenvalue weighted by Gasteiger charge is 2.26. The average Bonchev–Trinajstić information content (AvgIpc) is 2.76. The Kier molecular flexibility index (Phi) is 9.72.